The Bertz CT molecular complexity index is 798. The van der Waals surface area contributed by atoms with Crippen molar-refractivity contribution in [1.82, 2.24) is 20.4 Å². The second-order valence-electron chi connectivity index (χ2n) is 7.00. The number of aromatic nitrogens is 2. The number of guanidine groups is 1. The van der Waals surface area contributed by atoms with Gasteiger partial charge in [-0.25, -0.2) is 0 Å². The van der Waals surface area contributed by atoms with E-state index in [-0.39, 0.29) is 24.0 Å². The van der Waals surface area contributed by atoms with Crippen molar-refractivity contribution in [3.05, 3.63) is 46.8 Å². The van der Waals surface area contributed by atoms with Gasteiger partial charge in [-0.3, -0.25) is 9.67 Å². The van der Waals surface area contributed by atoms with Gasteiger partial charge in [-0.05, 0) is 38.8 Å². The number of benzene rings is 1. The molecule has 1 aliphatic heterocycles. The quantitative estimate of drug-likeness (QED) is 0.391. The minimum atomic E-state index is 0. The predicted octanol–water partition coefficient (Wildman–Crippen LogP) is 2.77. The summed E-state index contributed by atoms with van der Waals surface area (Å²) in [6.45, 7) is 9.07. The van der Waals surface area contributed by atoms with E-state index >= 15 is 0 Å². The number of aliphatic imine (C=N–C) groups is 1. The topological polar surface area (TPSA) is 57.5 Å². The zero-order chi connectivity index (χ0) is 18.7. The molecule has 148 valence electrons. The summed E-state index contributed by atoms with van der Waals surface area (Å²) in [5.41, 5.74) is 6.30. The highest BCUT2D eigenvalue weighted by Gasteiger charge is 2.22. The molecule has 0 aliphatic carbocycles. The molecule has 1 unspecified atom stereocenters. The van der Waals surface area contributed by atoms with Crippen LogP contribution in [0.1, 0.15) is 29.4 Å². The van der Waals surface area contributed by atoms with Crippen molar-refractivity contribution in [2.24, 2.45) is 12.0 Å². The van der Waals surface area contributed by atoms with E-state index in [4.69, 9.17) is 0 Å². The molecular weight excluding hydrogens is 451 g/mol. The van der Waals surface area contributed by atoms with Crippen LogP contribution in [0.4, 0.5) is 5.69 Å². The third-order valence-electron chi connectivity index (χ3n) is 5.34. The smallest absolute Gasteiger partial charge is 0.191 e. The Morgan fingerprint density at radius 2 is 2.00 bits per heavy atom. The third-order valence-corrected chi connectivity index (χ3v) is 5.34. The maximum atomic E-state index is 4.47. The zero-order valence-electron chi connectivity index (χ0n) is 16.9. The molecule has 1 aromatic carbocycles. The SMILES string of the molecule is CN=C(NCc1c(C)nn(C)c1C)NCC(C)N1CCc2ccccc21.I. The molecule has 0 bridgehead atoms. The molecule has 0 saturated carbocycles. The summed E-state index contributed by atoms with van der Waals surface area (Å²) in [6.07, 6.45) is 1.13. The molecule has 0 spiro atoms. The van der Waals surface area contributed by atoms with Crippen LogP contribution in [0.5, 0.6) is 0 Å². The van der Waals surface area contributed by atoms with E-state index in [9.17, 15) is 0 Å². The van der Waals surface area contributed by atoms with E-state index in [0.717, 1.165) is 37.7 Å². The summed E-state index contributed by atoms with van der Waals surface area (Å²) < 4.78 is 1.93. The normalized spacial score (nSPS) is 14.6. The van der Waals surface area contributed by atoms with Gasteiger partial charge in [0.05, 0.1) is 5.69 Å². The van der Waals surface area contributed by atoms with Crippen molar-refractivity contribution in [2.45, 2.75) is 39.8 Å². The number of hydrogen-bond donors (Lipinski definition) is 2. The van der Waals surface area contributed by atoms with Gasteiger partial charge in [0.15, 0.2) is 5.96 Å². The lowest BCUT2D eigenvalue weighted by atomic mass is 10.2. The summed E-state index contributed by atoms with van der Waals surface area (Å²) in [5.74, 6) is 0.826. The van der Waals surface area contributed by atoms with E-state index in [2.05, 4.69) is 63.7 Å². The molecular formula is C20H31IN6. The van der Waals surface area contributed by atoms with Gasteiger partial charge in [0.2, 0.25) is 0 Å². The molecule has 7 heteroatoms. The number of anilines is 1. The second-order valence-corrected chi connectivity index (χ2v) is 7.00. The van der Waals surface area contributed by atoms with E-state index in [1.54, 1.807) is 0 Å². The summed E-state index contributed by atoms with van der Waals surface area (Å²) in [5, 5.41) is 11.3. The molecule has 6 nitrogen and oxygen atoms in total. The van der Waals surface area contributed by atoms with Gasteiger partial charge >= 0.3 is 0 Å². The third kappa shape index (κ3) is 4.75. The first-order valence-corrected chi connectivity index (χ1v) is 9.29. The molecule has 1 atom stereocenters. The lowest BCUT2D eigenvalue weighted by Gasteiger charge is -2.28. The first-order chi connectivity index (χ1) is 12.5. The molecule has 0 radical (unpaired) electrons. The highest BCUT2D eigenvalue weighted by atomic mass is 127. The van der Waals surface area contributed by atoms with Crippen LogP contribution in [-0.2, 0) is 20.0 Å². The first-order valence-electron chi connectivity index (χ1n) is 9.29. The van der Waals surface area contributed by atoms with Gasteiger partial charge in [-0.15, -0.1) is 24.0 Å². The molecule has 2 N–H and O–H groups in total. The van der Waals surface area contributed by atoms with Crippen LogP contribution < -0.4 is 15.5 Å². The lowest BCUT2D eigenvalue weighted by molar-refractivity contribution is 0.625. The van der Waals surface area contributed by atoms with Crippen molar-refractivity contribution in [3.8, 4) is 0 Å². The van der Waals surface area contributed by atoms with Gasteiger partial charge in [-0.1, -0.05) is 18.2 Å². The fraction of sp³-hybridized carbons (Fsp3) is 0.500. The number of nitrogens with zero attached hydrogens (tertiary/aromatic N) is 4. The van der Waals surface area contributed by atoms with Crippen molar-refractivity contribution >= 4 is 35.6 Å². The Kier molecular flexibility index (Phi) is 7.52. The van der Waals surface area contributed by atoms with Crippen LogP contribution >= 0.6 is 24.0 Å². The van der Waals surface area contributed by atoms with E-state index in [1.807, 2.05) is 25.7 Å². The highest BCUT2D eigenvalue weighted by molar-refractivity contribution is 14.0. The number of aryl methyl sites for hydroxylation is 2. The van der Waals surface area contributed by atoms with Crippen molar-refractivity contribution in [2.75, 3.05) is 25.0 Å². The van der Waals surface area contributed by atoms with Crippen LogP contribution in [0.3, 0.4) is 0 Å². The molecule has 1 aromatic heterocycles. The molecule has 0 amide bonds. The highest BCUT2D eigenvalue weighted by Crippen LogP contribution is 2.28. The van der Waals surface area contributed by atoms with Gasteiger partial charge in [-0.2, -0.15) is 5.10 Å². The van der Waals surface area contributed by atoms with E-state index in [1.165, 1.54) is 22.5 Å². The van der Waals surface area contributed by atoms with Gasteiger partial charge in [0.25, 0.3) is 0 Å². The summed E-state index contributed by atoms with van der Waals surface area (Å²) in [6, 6.07) is 9.10. The van der Waals surface area contributed by atoms with Crippen LogP contribution in [0, 0.1) is 13.8 Å². The van der Waals surface area contributed by atoms with Crippen LogP contribution in [0.15, 0.2) is 29.3 Å². The Labute approximate surface area is 179 Å². The Morgan fingerprint density at radius 1 is 1.26 bits per heavy atom. The van der Waals surface area contributed by atoms with Crippen LogP contribution in [0.2, 0.25) is 0 Å². The molecule has 2 heterocycles. The zero-order valence-corrected chi connectivity index (χ0v) is 19.2. The maximum absolute atomic E-state index is 4.47. The Morgan fingerprint density at radius 3 is 2.67 bits per heavy atom. The number of fused-ring (bicyclic) bond motifs is 1. The van der Waals surface area contributed by atoms with Crippen LogP contribution in [-0.4, -0.2) is 41.9 Å². The Balaban J connectivity index is 0.00000261. The minimum absolute atomic E-state index is 0. The number of hydrogen-bond acceptors (Lipinski definition) is 3. The number of rotatable bonds is 5. The largest absolute Gasteiger partial charge is 0.366 e. The van der Waals surface area contributed by atoms with Gasteiger partial charge in [0.1, 0.15) is 0 Å². The van der Waals surface area contributed by atoms with E-state index in [0.29, 0.717) is 6.04 Å². The molecule has 0 saturated heterocycles. The minimum Gasteiger partial charge on any atom is -0.366 e. The average molecular weight is 482 g/mol. The van der Waals surface area contributed by atoms with Crippen molar-refractivity contribution in [1.29, 1.82) is 0 Å². The first kappa shape index (κ1) is 21.5. The van der Waals surface area contributed by atoms with Crippen LogP contribution in [0.25, 0.3) is 0 Å². The van der Waals surface area contributed by atoms with Crippen molar-refractivity contribution < 1.29 is 0 Å². The molecule has 27 heavy (non-hydrogen) atoms. The molecule has 3 rings (SSSR count). The Hall–Kier alpha value is -1.77. The lowest BCUT2D eigenvalue weighted by Crippen LogP contribution is -2.45. The molecule has 1 aliphatic rings. The summed E-state index contributed by atoms with van der Waals surface area (Å²) in [4.78, 5) is 6.84. The van der Waals surface area contributed by atoms with Crippen molar-refractivity contribution in [3.63, 3.8) is 0 Å². The maximum Gasteiger partial charge on any atom is 0.191 e. The van der Waals surface area contributed by atoms with Gasteiger partial charge < -0.3 is 15.5 Å². The summed E-state index contributed by atoms with van der Waals surface area (Å²) >= 11 is 0. The fourth-order valence-corrected chi connectivity index (χ4v) is 3.64. The van der Waals surface area contributed by atoms with E-state index < -0.39 is 0 Å². The summed E-state index contributed by atoms with van der Waals surface area (Å²) in [7, 11) is 3.79. The average Bonchev–Trinajstić information content (AvgIpc) is 3.17. The molecule has 0 fully saturated rings. The predicted molar refractivity (Wildman–Crippen MR) is 123 cm³/mol. The second kappa shape index (κ2) is 9.43. The number of nitrogens with one attached hydrogen (secondary N) is 2. The fourth-order valence-electron chi connectivity index (χ4n) is 3.64. The molecule has 2 aromatic rings. The standard InChI is InChI=1S/C20H30N6.HI/c1-14(26-11-10-17-8-6-7-9-19(17)26)12-22-20(21-4)23-13-18-15(2)24-25(5)16(18)3;/h6-9,14H,10-13H2,1-5H3,(H2,21,22,23);1H. The number of halogens is 1. The number of para-hydroxylation sites is 1. The monoisotopic (exact) mass is 482 g/mol. The van der Waals surface area contributed by atoms with Gasteiger partial charge in [0, 0.05) is 56.7 Å².